The number of nitrogens with zero attached hydrogens (tertiary/aromatic N) is 1. The molecule has 11 heteroatoms. The maximum absolute atomic E-state index is 14.3. The third-order valence-corrected chi connectivity index (χ3v) is 11.7. The number of carbonyl (C=O) groups is 3. The van der Waals surface area contributed by atoms with Crippen molar-refractivity contribution in [1.82, 2.24) is 4.90 Å². The van der Waals surface area contributed by atoms with E-state index in [1.807, 2.05) is 13.8 Å². The normalized spacial score (nSPS) is 38.4. The third kappa shape index (κ3) is 6.25. The Balaban J connectivity index is 1.56. The van der Waals surface area contributed by atoms with Gasteiger partial charge in [-0.15, -0.1) is 6.58 Å². The van der Waals surface area contributed by atoms with Gasteiger partial charge in [0.05, 0.1) is 18.1 Å². The molecule has 2 heterocycles. The molecular formula is C36H50ClNO9. The fourth-order valence-electron chi connectivity index (χ4n) is 9.06. The summed E-state index contributed by atoms with van der Waals surface area (Å²) in [6.07, 6.45) is 1.74. The number of Topliss-reactive ketones (excluding diaryl/α,β-unsaturated/α-hetero) is 1. The first kappa shape index (κ1) is 35.8. The summed E-state index contributed by atoms with van der Waals surface area (Å²) in [5.41, 5.74) is -7.73. The van der Waals surface area contributed by atoms with E-state index in [1.54, 1.807) is 38.1 Å². The van der Waals surface area contributed by atoms with Gasteiger partial charge in [-0.25, -0.2) is 4.79 Å². The molecule has 2 saturated heterocycles. The summed E-state index contributed by atoms with van der Waals surface area (Å²) in [7, 11) is 0. The van der Waals surface area contributed by atoms with Crippen LogP contribution in [0.5, 0.6) is 5.75 Å². The zero-order valence-electron chi connectivity index (χ0n) is 28.3. The maximum atomic E-state index is 14.3. The number of ether oxygens (including phenoxy) is 4. The van der Waals surface area contributed by atoms with E-state index in [2.05, 4.69) is 11.5 Å². The highest BCUT2D eigenvalue weighted by Crippen LogP contribution is 2.67. The second-order valence-corrected chi connectivity index (χ2v) is 15.5. The Morgan fingerprint density at radius 1 is 1.06 bits per heavy atom. The van der Waals surface area contributed by atoms with Gasteiger partial charge in [-0.2, -0.15) is 0 Å². The summed E-state index contributed by atoms with van der Waals surface area (Å²) in [4.78, 5) is 43.9. The first-order chi connectivity index (χ1) is 22.0. The molecule has 4 fully saturated rings. The molecule has 0 spiro atoms. The molecule has 10 nitrogen and oxygen atoms in total. The zero-order valence-corrected chi connectivity index (χ0v) is 29.0. The number of halogens is 1. The Hall–Kier alpha value is -2.50. The molecule has 1 aromatic rings. The van der Waals surface area contributed by atoms with E-state index in [1.165, 1.54) is 19.4 Å². The van der Waals surface area contributed by atoms with Crippen molar-refractivity contribution in [1.29, 1.82) is 0 Å². The zero-order chi connectivity index (χ0) is 34.4. The Morgan fingerprint density at radius 3 is 2.36 bits per heavy atom. The lowest BCUT2D eigenvalue weighted by atomic mass is 9.39. The SMILES string of the molecule is C=C[C@@]1(C)CC(=O)[C@]2(O)[C@@]3(C)[C@@H](O)CCC(C)(C)[C@@H]3[C@H](OC(=O)CCN3CCCCC3)[C@H](OC(=O)COc3ccc(Cl)cc3)[C@@]2(C)O1. The molecule has 2 aliphatic heterocycles. The molecule has 2 saturated carbocycles. The highest BCUT2D eigenvalue weighted by atomic mass is 35.5. The van der Waals surface area contributed by atoms with Gasteiger partial charge in [0.25, 0.3) is 0 Å². The number of fused-ring (bicyclic) bond motifs is 3. The van der Waals surface area contributed by atoms with E-state index >= 15 is 0 Å². The Labute approximate surface area is 282 Å². The maximum Gasteiger partial charge on any atom is 0.344 e. The molecular weight excluding hydrogens is 626 g/mol. The van der Waals surface area contributed by atoms with Gasteiger partial charge in [0.2, 0.25) is 0 Å². The Kier molecular flexibility index (Phi) is 9.96. The van der Waals surface area contributed by atoms with Gasteiger partial charge in [-0.3, -0.25) is 9.59 Å². The fourth-order valence-corrected chi connectivity index (χ4v) is 9.18. The molecule has 260 valence electrons. The number of hydrogen-bond donors (Lipinski definition) is 2. The lowest BCUT2D eigenvalue weighted by Crippen LogP contribution is -2.87. The summed E-state index contributed by atoms with van der Waals surface area (Å²) < 4.78 is 24.8. The van der Waals surface area contributed by atoms with E-state index in [4.69, 9.17) is 30.5 Å². The number of ketones is 1. The molecule has 2 aliphatic carbocycles. The van der Waals surface area contributed by atoms with Crippen LogP contribution in [0.1, 0.15) is 79.6 Å². The van der Waals surface area contributed by atoms with Crippen molar-refractivity contribution >= 4 is 29.3 Å². The van der Waals surface area contributed by atoms with Gasteiger partial charge < -0.3 is 34.1 Å². The van der Waals surface area contributed by atoms with E-state index in [0.717, 1.165) is 25.9 Å². The summed E-state index contributed by atoms with van der Waals surface area (Å²) in [5.74, 6) is -2.30. The number of aliphatic hydroxyl groups is 2. The molecule has 2 N–H and O–H groups in total. The standard InChI is InChI=1S/C36H50ClNO9/c1-7-33(4)21-26(40)36(43)34(5)25(39)15-17-32(2,3)30(34)29(45-27(41)16-20-38-18-9-8-10-19-38)31(35(36,6)47-33)46-28(42)22-44-24-13-11-23(37)12-14-24/h7,11-14,25,29-31,39,43H,1,8-10,15-22H2,2-6H3/t25-,29-,30-,31-,33-,34-,35+,36-/m0/s1. The largest absolute Gasteiger partial charge is 0.482 e. The molecule has 4 aliphatic rings. The number of hydrogen-bond acceptors (Lipinski definition) is 10. The molecule has 8 atom stereocenters. The summed E-state index contributed by atoms with van der Waals surface area (Å²) >= 11 is 5.99. The molecule has 0 unspecified atom stereocenters. The Bertz CT molecular complexity index is 1360. The van der Waals surface area contributed by atoms with Crippen LogP contribution in [-0.4, -0.2) is 94.2 Å². The van der Waals surface area contributed by atoms with Crippen LogP contribution in [-0.2, 0) is 28.6 Å². The van der Waals surface area contributed by atoms with Gasteiger partial charge in [-0.1, -0.05) is 44.9 Å². The van der Waals surface area contributed by atoms with Crippen LogP contribution in [0.3, 0.4) is 0 Å². The number of piperidine rings is 1. The van der Waals surface area contributed by atoms with E-state index in [-0.39, 0.29) is 12.8 Å². The number of benzene rings is 1. The smallest absolute Gasteiger partial charge is 0.344 e. The molecule has 47 heavy (non-hydrogen) atoms. The average molecular weight is 676 g/mol. The molecule has 0 aromatic heterocycles. The number of esters is 2. The van der Waals surface area contributed by atoms with Crippen molar-refractivity contribution in [3.63, 3.8) is 0 Å². The Morgan fingerprint density at radius 2 is 1.72 bits per heavy atom. The van der Waals surface area contributed by atoms with Gasteiger partial charge in [0, 0.05) is 29.3 Å². The van der Waals surface area contributed by atoms with Crippen LogP contribution in [0.4, 0.5) is 0 Å². The molecule has 0 amide bonds. The van der Waals surface area contributed by atoms with Gasteiger partial charge >= 0.3 is 11.9 Å². The van der Waals surface area contributed by atoms with Crippen molar-refractivity contribution < 1.29 is 43.5 Å². The fraction of sp³-hybridized carbons (Fsp3) is 0.694. The molecule has 1 aromatic carbocycles. The van der Waals surface area contributed by atoms with Crippen LogP contribution in [0.15, 0.2) is 36.9 Å². The lowest BCUT2D eigenvalue weighted by molar-refractivity contribution is -0.371. The quantitative estimate of drug-likeness (QED) is 0.281. The van der Waals surface area contributed by atoms with Crippen LogP contribution in [0.2, 0.25) is 5.02 Å². The van der Waals surface area contributed by atoms with Crippen LogP contribution in [0, 0.1) is 16.7 Å². The highest BCUT2D eigenvalue weighted by Gasteiger charge is 2.82. The second-order valence-electron chi connectivity index (χ2n) is 15.1. The predicted molar refractivity (Wildman–Crippen MR) is 175 cm³/mol. The number of likely N-dealkylation sites (tertiary alicyclic amines) is 1. The van der Waals surface area contributed by atoms with Crippen molar-refractivity contribution in [3.8, 4) is 5.75 Å². The number of aliphatic hydroxyl groups excluding tert-OH is 1. The van der Waals surface area contributed by atoms with Gasteiger partial charge in [0.1, 0.15) is 17.5 Å². The van der Waals surface area contributed by atoms with Crippen LogP contribution >= 0.6 is 11.6 Å². The average Bonchev–Trinajstić information content (AvgIpc) is 3.02. The minimum atomic E-state index is -2.33. The topological polar surface area (TPSA) is 132 Å². The minimum absolute atomic E-state index is 0.106. The highest BCUT2D eigenvalue weighted by molar-refractivity contribution is 6.30. The van der Waals surface area contributed by atoms with Crippen molar-refractivity contribution in [3.05, 3.63) is 41.9 Å². The van der Waals surface area contributed by atoms with E-state index in [9.17, 15) is 24.6 Å². The summed E-state index contributed by atoms with van der Waals surface area (Å²) in [5, 5.41) is 25.2. The summed E-state index contributed by atoms with van der Waals surface area (Å²) in [6, 6.07) is 6.47. The van der Waals surface area contributed by atoms with Gasteiger partial charge in [0.15, 0.2) is 24.1 Å². The van der Waals surface area contributed by atoms with Crippen molar-refractivity contribution in [2.45, 2.75) is 115 Å². The first-order valence-corrected chi connectivity index (χ1v) is 17.2. The minimum Gasteiger partial charge on any atom is -0.482 e. The van der Waals surface area contributed by atoms with E-state index in [0.29, 0.717) is 30.2 Å². The van der Waals surface area contributed by atoms with Gasteiger partial charge in [-0.05, 0) is 82.3 Å². The first-order valence-electron chi connectivity index (χ1n) is 16.8. The van der Waals surface area contributed by atoms with Crippen molar-refractivity contribution in [2.24, 2.45) is 16.7 Å². The molecule has 5 rings (SSSR count). The van der Waals surface area contributed by atoms with E-state index < -0.39 is 76.2 Å². The van der Waals surface area contributed by atoms with Crippen LogP contribution < -0.4 is 4.74 Å². The summed E-state index contributed by atoms with van der Waals surface area (Å²) in [6.45, 7) is 14.5. The molecule has 0 radical (unpaired) electrons. The number of carbonyl (C=O) groups excluding carboxylic acids is 3. The lowest BCUT2D eigenvalue weighted by Gasteiger charge is -2.71. The third-order valence-electron chi connectivity index (χ3n) is 11.5. The van der Waals surface area contributed by atoms with Crippen LogP contribution in [0.25, 0.3) is 0 Å². The second kappa shape index (κ2) is 13.1. The molecule has 0 bridgehead atoms. The predicted octanol–water partition coefficient (Wildman–Crippen LogP) is 4.66. The number of rotatable bonds is 9. The monoisotopic (exact) mass is 675 g/mol. The van der Waals surface area contributed by atoms with Crippen molar-refractivity contribution in [2.75, 3.05) is 26.2 Å².